The summed E-state index contributed by atoms with van der Waals surface area (Å²) in [7, 11) is 0. The Morgan fingerprint density at radius 1 is 0.875 bits per heavy atom. The quantitative estimate of drug-likeness (QED) is 0.173. The van der Waals surface area contributed by atoms with Gasteiger partial charge in [0.1, 0.15) is 0 Å². The molecule has 0 atom stereocenters. The molecule has 4 nitrogen and oxygen atoms in total. The maximum absolute atomic E-state index is 8.29. The van der Waals surface area contributed by atoms with Crippen LogP contribution in [0.3, 0.4) is 0 Å². The van der Waals surface area contributed by atoms with Crippen LogP contribution in [0.15, 0.2) is 89.6 Å². The molecule has 0 saturated carbocycles. The van der Waals surface area contributed by atoms with Gasteiger partial charge in [-0.3, -0.25) is 0 Å². The molecule has 0 aliphatic heterocycles. The van der Waals surface area contributed by atoms with Crippen LogP contribution in [0.4, 0.5) is 0 Å². The van der Waals surface area contributed by atoms with Crippen molar-refractivity contribution >= 4 is 22.1 Å². The van der Waals surface area contributed by atoms with Crippen LogP contribution in [0.5, 0.6) is 0 Å². The molecule has 0 spiro atoms. The largest absolute Gasteiger partial charge is 0.486 e. The molecule has 5 heteroatoms. The van der Waals surface area contributed by atoms with Gasteiger partial charge in [-0.15, -0.1) is 54.1 Å². The van der Waals surface area contributed by atoms with E-state index in [2.05, 4.69) is 61.1 Å². The molecule has 0 amide bonds. The zero-order valence-electron chi connectivity index (χ0n) is 24.7. The molecular weight excluding hydrogens is 671 g/mol. The van der Waals surface area contributed by atoms with Crippen LogP contribution in [0.2, 0.25) is 0 Å². The normalized spacial score (nSPS) is 11.9. The molecule has 6 rings (SSSR count). The maximum Gasteiger partial charge on any atom is 0.216 e. The van der Waals surface area contributed by atoms with Crippen LogP contribution in [0.25, 0.3) is 44.6 Å². The number of fused-ring (bicyclic) bond motifs is 3. The molecule has 2 aromatic carbocycles. The summed E-state index contributed by atoms with van der Waals surface area (Å²) >= 11 is 0. The van der Waals surface area contributed by atoms with Crippen molar-refractivity contribution in [3.63, 3.8) is 0 Å². The summed E-state index contributed by atoms with van der Waals surface area (Å²) in [5, 5.41) is 1.99. The fourth-order valence-corrected chi connectivity index (χ4v) is 4.29. The smallest absolute Gasteiger partial charge is 0.216 e. The van der Waals surface area contributed by atoms with E-state index in [1.54, 1.807) is 6.20 Å². The predicted molar refractivity (Wildman–Crippen MR) is 160 cm³/mol. The van der Waals surface area contributed by atoms with Crippen molar-refractivity contribution in [1.82, 2.24) is 15.0 Å². The van der Waals surface area contributed by atoms with Crippen molar-refractivity contribution in [1.29, 1.82) is 0 Å². The molecule has 0 fully saturated rings. The van der Waals surface area contributed by atoms with Gasteiger partial charge in [0.05, 0.1) is 5.58 Å². The van der Waals surface area contributed by atoms with Crippen molar-refractivity contribution in [2.24, 2.45) is 0 Å². The molecule has 0 N–H and O–H groups in total. The summed E-state index contributed by atoms with van der Waals surface area (Å²) in [4.78, 5) is 13.6. The number of rotatable bonds is 3. The van der Waals surface area contributed by atoms with E-state index in [-0.39, 0.29) is 25.5 Å². The van der Waals surface area contributed by atoms with Crippen molar-refractivity contribution in [2.45, 2.75) is 52.9 Å². The predicted octanol–water partition coefficient (Wildman–Crippen LogP) is 9.12. The van der Waals surface area contributed by atoms with Gasteiger partial charge in [-0.1, -0.05) is 69.3 Å². The van der Waals surface area contributed by atoms with Crippen LogP contribution in [-0.4, -0.2) is 15.0 Å². The molecule has 0 bridgehead atoms. The molecule has 0 unspecified atom stereocenters. The Hall–Kier alpha value is -3.66. The van der Waals surface area contributed by atoms with Crippen LogP contribution < -0.4 is 0 Å². The topological polar surface area (TPSA) is 51.8 Å². The summed E-state index contributed by atoms with van der Waals surface area (Å²) in [6, 6.07) is 30.2. The van der Waals surface area contributed by atoms with Crippen molar-refractivity contribution in [3.05, 3.63) is 114 Å². The Balaban J connectivity index is 0.000000233. The van der Waals surface area contributed by atoms with Gasteiger partial charge in [0, 0.05) is 50.4 Å². The Labute approximate surface area is 251 Å². The van der Waals surface area contributed by atoms with Gasteiger partial charge >= 0.3 is 0 Å². The molecule has 6 aromatic rings. The number of pyridine rings is 3. The van der Waals surface area contributed by atoms with E-state index in [0.717, 1.165) is 50.1 Å². The summed E-state index contributed by atoms with van der Waals surface area (Å²) in [5.74, 6) is -0.692. The van der Waals surface area contributed by atoms with Gasteiger partial charge in [-0.05, 0) is 48.0 Å². The zero-order chi connectivity index (χ0) is 28.5. The van der Waals surface area contributed by atoms with E-state index in [4.69, 9.17) is 10.8 Å². The first kappa shape index (κ1) is 27.9. The number of hydrogen-bond acceptors (Lipinski definition) is 4. The number of furan rings is 1. The average Bonchev–Trinajstić information content (AvgIpc) is 3.32. The van der Waals surface area contributed by atoms with Gasteiger partial charge in [0.25, 0.3) is 0 Å². The van der Waals surface area contributed by atoms with E-state index in [1.165, 1.54) is 5.56 Å². The summed E-state index contributed by atoms with van der Waals surface area (Å²) in [6.45, 7) is 12.2. The number of aromatic nitrogens is 3. The second-order valence-electron chi connectivity index (χ2n) is 10.9. The molecule has 205 valence electrons. The van der Waals surface area contributed by atoms with Crippen LogP contribution in [-0.2, 0) is 25.5 Å². The zero-order valence-corrected chi connectivity index (χ0v) is 26.1. The molecule has 0 saturated heterocycles. The number of aryl methyl sites for hydroxylation is 1. The van der Waals surface area contributed by atoms with Crippen LogP contribution in [0.1, 0.15) is 58.7 Å². The minimum atomic E-state index is -0.692. The number of hydrogen-bond donors (Lipinski definition) is 0. The molecule has 4 heterocycles. The minimum Gasteiger partial charge on any atom is -0.486 e. The first-order chi connectivity index (χ1) is 19.0. The van der Waals surface area contributed by atoms with E-state index in [9.17, 15) is 0 Å². The first-order valence-corrected chi connectivity index (χ1v) is 13.1. The molecule has 4 aromatic heterocycles. The molecule has 40 heavy (non-hydrogen) atoms. The van der Waals surface area contributed by atoms with E-state index >= 15 is 0 Å². The van der Waals surface area contributed by atoms with Crippen molar-refractivity contribution in [2.75, 3.05) is 0 Å². The number of nitrogens with zero attached hydrogens (tertiary/aromatic N) is 3. The molecular formula is C35H33IrN3O-2. The fourth-order valence-electron chi connectivity index (χ4n) is 4.29. The summed E-state index contributed by atoms with van der Waals surface area (Å²) in [5.41, 5.74) is 7.99. The second-order valence-corrected chi connectivity index (χ2v) is 10.9. The maximum atomic E-state index is 8.29. The van der Waals surface area contributed by atoms with Gasteiger partial charge in [-0.2, -0.15) is 0 Å². The number of benzene rings is 2. The van der Waals surface area contributed by atoms with Gasteiger partial charge < -0.3 is 14.4 Å². The van der Waals surface area contributed by atoms with Crippen LogP contribution in [0, 0.1) is 19.1 Å². The Kier molecular flexibility index (Phi) is 8.54. The third kappa shape index (κ3) is 6.38. The van der Waals surface area contributed by atoms with Crippen molar-refractivity contribution < 1.29 is 25.9 Å². The molecule has 1 radical (unpaired) electrons. The van der Waals surface area contributed by atoms with E-state index in [0.29, 0.717) is 5.71 Å². The van der Waals surface area contributed by atoms with Gasteiger partial charge in [0.15, 0.2) is 0 Å². The fraction of sp³-hybridized carbons (Fsp3) is 0.229. The second kappa shape index (κ2) is 12.2. The van der Waals surface area contributed by atoms with E-state index in [1.807, 2.05) is 81.6 Å². The third-order valence-electron chi connectivity index (χ3n) is 6.56. The van der Waals surface area contributed by atoms with Crippen LogP contribution >= 0.6 is 0 Å². The SMILES string of the molecule is Cc1ccc(-c2[c-]cccc2)nc1.[2H]C(C)(C)c1ccnc(-c2[c-]ccc3c2oc2nc(C(C)(C)C)ccc23)c1.[Ir]. The summed E-state index contributed by atoms with van der Waals surface area (Å²) in [6.07, 6.45) is 3.61. The molecule has 0 aliphatic rings. The standard InChI is InChI=1S/C23H23N2O.C12H10N.Ir/c1-14(2)15-11-12-24-19(13-15)18-8-6-7-16-17-9-10-20(23(3,4)5)25-22(17)26-21(16)18;1-10-7-8-12(13-9-10)11-5-3-2-4-6-11;/h6-7,9-14H,1-5H3;2-5,7-9H,1H3;/q2*-1;/i14D;;. The summed E-state index contributed by atoms with van der Waals surface area (Å²) < 4.78 is 14.5. The Morgan fingerprint density at radius 2 is 1.70 bits per heavy atom. The van der Waals surface area contributed by atoms with Gasteiger partial charge in [-0.25, -0.2) is 4.98 Å². The minimum absolute atomic E-state index is 0. The monoisotopic (exact) mass is 705 g/mol. The Bertz CT molecular complexity index is 1770. The third-order valence-corrected chi connectivity index (χ3v) is 6.56. The average molecular weight is 705 g/mol. The molecule has 0 aliphatic carbocycles. The first-order valence-electron chi connectivity index (χ1n) is 13.6. The van der Waals surface area contributed by atoms with E-state index < -0.39 is 5.89 Å². The van der Waals surface area contributed by atoms with Crippen molar-refractivity contribution in [3.8, 4) is 22.5 Å². The Morgan fingerprint density at radius 3 is 2.38 bits per heavy atom. The van der Waals surface area contributed by atoms with Gasteiger partial charge in [0.2, 0.25) is 5.71 Å².